The molecule has 1 fully saturated rings. The molecule has 0 unspecified atom stereocenters. The van der Waals surface area contributed by atoms with Gasteiger partial charge in [-0.05, 0) is 6.92 Å². The van der Waals surface area contributed by atoms with Crippen LogP contribution in [0.2, 0.25) is 0 Å². The predicted molar refractivity (Wildman–Crippen MR) is 38.1 cm³/mol. The number of hydrogen-bond acceptors (Lipinski definition) is 3. The van der Waals surface area contributed by atoms with Gasteiger partial charge in [0.05, 0.1) is 0 Å². The van der Waals surface area contributed by atoms with E-state index in [1.165, 1.54) is 0 Å². The van der Waals surface area contributed by atoms with Crippen molar-refractivity contribution in [2.45, 2.75) is 6.92 Å². The highest BCUT2D eigenvalue weighted by molar-refractivity contribution is 6.64. The quantitative estimate of drug-likeness (QED) is 0.427. The molecule has 1 saturated heterocycles. The van der Waals surface area contributed by atoms with Crippen molar-refractivity contribution in [3.8, 4) is 0 Å². The van der Waals surface area contributed by atoms with Gasteiger partial charge in [-0.1, -0.05) is 12.1 Å². The lowest BCUT2D eigenvalue weighted by atomic mass is 9.84. The minimum absolute atomic E-state index is 0.205. The van der Waals surface area contributed by atoms with E-state index in [1.54, 1.807) is 0 Å². The lowest BCUT2D eigenvalue weighted by Gasteiger charge is -2.15. The fourth-order valence-electron chi connectivity index (χ4n) is 0.581. The predicted octanol–water partition coefficient (Wildman–Crippen LogP) is -0.814. The average molecular weight is 124 g/mol. The number of rotatable bonds is 1. The summed E-state index contributed by atoms with van der Waals surface area (Å²) < 4.78 is 14.7. The van der Waals surface area contributed by atoms with E-state index in [1.807, 2.05) is 19.0 Å². The van der Waals surface area contributed by atoms with Gasteiger partial charge in [-0.2, -0.15) is 0 Å². The Balaban J connectivity index is 2.23. The Morgan fingerprint density at radius 3 is 2.56 bits per heavy atom. The molecule has 0 radical (unpaired) electrons. The topological polar surface area (TPSA) is 27.7 Å². The van der Waals surface area contributed by atoms with Gasteiger partial charge in [-0.25, -0.2) is 0 Å². The molecular weight excluding hydrogens is 116 g/mol. The Labute approximate surface area is 56.1 Å². The van der Waals surface area contributed by atoms with E-state index < -0.39 is 0 Å². The van der Waals surface area contributed by atoms with Crippen LogP contribution in [0.5, 0.6) is 0 Å². The van der Waals surface area contributed by atoms with Gasteiger partial charge in [0.25, 0.3) is 0 Å². The second kappa shape index (κ2) is 3.77. The Morgan fingerprint density at radius 1 is 1.33 bits per heavy atom. The largest absolute Gasteiger partial charge is 0.458 e. The summed E-state index contributed by atoms with van der Waals surface area (Å²) in [5, 5.41) is 0. The van der Waals surface area contributed by atoms with Crippen LogP contribution in [-0.4, -0.2) is 22.5 Å². The van der Waals surface area contributed by atoms with Gasteiger partial charge in [-0.3, -0.25) is 0 Å². The summed E-state index contributed by atoms with van der Waals surface area (Å²) in [6.07, 6.45) is 1.88. The molecule has 1 heterocycles. The Kier molecular flexibility index (Phi) is 2.90. The molecule has 0 aromatic heterocycles. The standard InChI is InChI=1S/C3H7B3O3/c1-2-3-6-8-4-7-5-9-6/h2-5H,1H3/b3-2-. The van der Waals surface area contributed by atoms with Crippen LogP contribution in [0.1, 0.15) is 6.92 Å². The van der Waals surface area contributed by atoms with Crippen molar-refractivity contribution >= 4 is 22.5 Å². The maximum absolute atomic E-state index is 4.99. The van der Waals surface area contributed by atoms with Crippen LogP contribution >= 0.6 is 0 Å². The van der Waals surface area contributed by atoms with Crippen LogP contribution in [0.15, 0.2) is 12.1 Å². The van der Waals surface area contributed by atoms with E-state index in [0.29, 0.717) is 15.4 Å². The van der Waals surface area contributed by atoms with Gasteiger partial charge in [0.2, 0.25) is 0 Å². The maximum Gasteiger partial charge on any atom is 0.457 e. The first-order valence-electron chi connectivity index (χ1n) is 2.87. The molecule has 0 atom stereocenters. The van der Waals surface area contributed by atoms with Crippen LogP contribution in [-0.2, 0) is 13.7 Å². The Hall–Kier alpha value is -0.185. The lowest BCUT2D eigenvalue weighted by Crippen LogP contribution is -2.33. The van der Waals surface area contributed by atoms with Crippen molar-refractivity contribution in [2.75, 3.05) is 0 Å². The summed E-state index contributed by atoms with van der Waals surface area (Å²) in [5.41, 5.74) is 0. The van der Waals surface area contributed by atoms with Crippen LogP contribution in [0.4, 0.5) is 0 Å². The second-order valence-electron chi connectivity index (χ2n) is 1.67. The molecule has 46 valence electrons. The molecule has 0 bridgehead atoms. The third-order valence-corrected chi connectivity index (χ3v) is 0.981. The molecule has 0 N–H and O–H groups in total. The molecule has 0 aromatic rings. The lowest BCUT2D eigenvalue weighted by molar-refractivity contribution is 0.333. The highest BCUT2D eigenvalue weighted by Crippen LogP contribution is 1.95. The number of allylic oxidation sites excluding steroid dienone is 1. The van der Waals surface area contributed by atoms with Crippen LogP contribution in [0.3, 0.4) is 0 Å². The molecule has 1 aliphatic heterocycles. The van der Waals surface area contributed by atoms with Gasteiger partial charge in [0.1, 0.15) is 0 Å². The molecule has 6 heteroatoms. The maximum atomic E-state index is 4.99. The summed E-state index contributed by atoms with van der Waals surface area (Å²) in [7, 11) is 0.452. The Morgan fingerprint density at radius 2 is 2.00 bits per heavy atom. The third-order valence-electron chi connectivity index (χ3n) is 0.981. The van der Waals surface area contributed by atoms with Crippen LogP contribution in [0, 0.1) is 0 Å². The zero-order valence-electron chi connectivity index (χ0n) is 5.37. The minimum atomic E-state index is -0.205. The van der Waals surface area contributed by atoms with Crippen LogP contribution in [0.25, 0.3) is 0 Å². The molecular formula is C3H7B3O3. The van der Waals surface area contributed by atoms with E-state index in [2.05, 4.69) is 0 Å². The Bertz CT molecular complexity index is 100. The molecule has 1 aliphatic rings. The van der Waals surface area contributed by atoms with E-state index in [9.17, 15) is 0 Å². The van der Waals surface area contributed by atoms with Gasteiger partial charge in [0, 0.05) is 0 Å². The molecule has 3 nitrogen and oxygen atoms in total. The molecule has 0 saturated carbocycles. The van der Waals surface area contributed by atoms with Crippen LogP contribution < -0.4 is 0 Å². The van der Waals surface area contributed by atoms with E-state index in [-0.39, 0.29) is 7.12 Å². The van der Waals surface area contributed by atoms with E-state index >= 15 is 0 Å². The molecule has 0 spiro atoms. The molecule has 0 aromatic carbocycles. The van der Waals surface area contributed by atoms with E-state index in [0.717, 1.165) is 0 Å². The third kappa shape index (κ3) is 2.26. The van der Waals surface area contributed by atoms with Gasteiger partial charge in [-0.15, -0.1) is 0 Å². The van der Waals surface area contributed by atoms with Crippen molar-refractivity contribution in [1.29, 1.82) is 0 Å². The van der Waals surface area contributed by atoms with Gasteiger partial charge >= 0.3 is 22.5 Å². The number of hydrogen-bond donors (Lipinski definition) is 0. The molecule has 9 heavy (non-hydrogen) atoms. The van der Waals surface area contributed by atoms with Gasteiger partial charge in [0.15, 0.2) is 0 Å². The fraction of sp³-hybridized carbons (Fsp3) is 0.333. The summed E-state index contributed by atoms with van der Waals surface area (Å²) >= 11 is 0. The highest BCUT2D eigenvalue weighted by Gasteiger charge is 2.19. The van der Waals surface area contributed by atoms with Crippen molar-refractivity contribution in [3.63, 3.8) is 0 Å². The first-order valence-corrected chi connectivity index (χ1v) is 2.87. The fourth-order valence-corrected chi connectivity index (χ4v) is 0.581. The van der Waals surface area contributed by atoms with Crippen molar-refractivity contribution in [1.82, 2.24) is 0 Å². The first kappa shape index (κ1) is 6.93. The second-order valence-corrected chi connectivity index (χ2v) is 1.67. The summed E-state index contributed by atoms with van der Waals surface area (Å²) in [4.78, 5) is 0. The summed E-state index contributed by atoms with van der Waals surface area (Å²) in [5.74, 6) is 1.84. The van der Waals surface area contributed by atoms with Gasteiger partial charge < -0.3 is 13.7 Å². The summed E-state index contributed by atoms with van der Waals surface area (Å²) in [6.45, 7) is 1.92. The molecule has 0 aliphatic carbocycles. The first-order chi connectivity index (χ1) is 4.43. The summed E-state index contributed by atoms with van der Waals surface area (Å²) in [6, 6.07) is 0. The van der Waals surface area contributed by atoms with Crippen molar-refractivity contribution < 1.29 is 13.7 Å². The molecule has 1 rings (SSSR count). The highest BCUT2D eigenvalue weighted by atomic mass is 16.7. The zero-order valence-corrected chi connectivity index (χ0v) is 5.37. The average Bonchev–Trinajstić information content (AvgIpc) is 1.91. The van der Waals surface area contributed by atoms with E-state index in [4.69, 9.17) is 13.7 Å². The molecule has 0 amide bonds. The SMILES string of the molecule is C/C=C\B1OBOBO1. The minimum Gasteiger partial charge on any atom is -0.458 e. The monoisotopic (exact) mass is 124 g/mol. The smallest absolute Gasteiger partial charge is 0.457 e. The normalized spacial score (nSPS) is 19.4. The van der Waals surface area contributed by atoms with Crippen molar-refractivity contribution in [3.05, 3.63) is 12.1 Å². The van der Waals surface area contributed by atoms with Crippen molar-refractivity contribution in [2.24, 2.45) is 0 Å². The zero-order chi connectivity index (χ0) is 6.53.